The van der Waals surface area contributed by atoms with Gasteiger partial charge in [0.2, 0.25) is 5.91 Å². The lowest BCUT2D eigenvalue weighted by Gasteiger charge is -2.26. The summed E-state index contributed by atoms with van der Waals surface area (Å²) >= 11 is 0. The highest BCUT2D eigenvalue weighted by Crippen LogP contribution is 2.16. The number of allylic oxidation sites excluding steroid dienone is 2. The Kier molecular flexibility index (Phi) is 8.35. The van der Waals surface area contributed by atoms with E-state index in [2.05, 4.69) is 13.0 Å². The molecule has 0 bridgehead atoms. The number of hydrogen-bond donors (Lipinski definition) is 0. The summed E-state index contributed by atoms with van der Waals surface area (Å²) in [6, 6.07) is 0. The maximum atomic E-state index is 12.4. The maximum Gasteiger partial charge on any atom is 0.417 e. The molecule has 0 aromatic rings. The van der Waals surface area contributed by atoms with Crippen LogP contribution in [0, 0.1) is 0 Å². The fourth-order valence-electron chi connectivity index (χ4n) is 2.68. The second-order valence-electron chi connectivity index (χ2n) is 7.49. The molecule has 0 saturated heterocycles. The van der Waals surface area contributed by atoms with Crippen molar-refractivity contribution >= 4 is 12.0 Å². The first-order valence-electron chi connectivity index (χ1n) is 8.98. The van der Waals surface area contributed by atoms with Crippen LogP contribution in [0.2, 0.25) is 0 Å². The molecule has 1 heterocycles. The molecule has 0 fully saturated rings. The lowest BCUT2D eigenvalue weighted by Crippen LogP contribution is -2.41. The van der Waals surface area contributed by atoms with Gasteiger partial charge in [-0.25, -0.2) is 9.69 Å². The van der Waals surface area contributed by atoms with Crippen molar-refractivity contribution in [1.29, 1.82) is 0 Å². The Bertz CT molecular complexity index is 421. The van der Waals surface area contributed by atoms with Crippen LogP contribution in [0.3, 0.4) is 0 Å². The average molecular weight is 323 g/mol. The van der Waals surface area contributed by atoms with E-state index in [0.717, 1.165) is 38.5 Å². The Morgan fingerprint density at radius 1 is 1.04 bits per heavy atom. The van der Waals surface area contributed by atoms with Crippen LogP contribution in [0.5, 0.6) is 0 Å². The number of imide groups is 1. The predicted molar refractivity (Wildman–Crippen MR) is 93.3 cm³/mol. The molecule has 0 spiro atoms. The molecule has 4 heteroatoms. The van der Waals surface area contributed by atoms with Gasteiger partial charge >= 0.3 is 6.09 Å². The van der Waals surface area contributed by atoms with Gasteiger partial charge in [0, 0.05) is 13.0 Å². The molecule has 0 aromatic carbocycles. The lowest BCUT2D eigenvalue weighted by molar-refractivity contribution is -0.130. The minimum Gasteiger partial charge on any atom is -0.443 e. The number of amides is 2. The van der Waals surface area contributed by atoms with E-state index in [4.69, 9.17) is 4.74 Å². The zero-order valence-electron chi connectivity index (χ0n) is 15.3. The average Bonchev–Trinajstić information content (AvgIpc) is 2.43. The molecule has 23 heavy (non-hydrogen) atoms. The van der Waals surface area contributed by atoms with Gasteiger partial charge < -0.3 is 4.74 Å². The third-order valence-corrected chi connectivity index (χ3v) is 3.96. The molecular weight excluding hydrogens is 290 g/mol. The Hall–Kier alpha value is -1.32. The molecule has 132 valence electrons. The number of hydrogen-bond acceptors (Lipinski definition) is 3. The van der Waals surface area contributed by atoms with Crippen LogP contribution in [0.1, 0.15) is 85.5 Å². The topological polar surface area (TPSA) is 46.6 Å². The second-order valence-corrected chi connectivity index (χ2v) is 7.49. The first-order chi connectivity index (χ1) is 10.8. The first-order valence-corrected chi connectivity index (χ1v) is 8.98. The summed E-state index contributed by atoms with van der Waals surface area (Å²) in [5.74, 6) is -0.109. The number of carbonyl (C=O) groups is 2. The number of rotatable bonds is 0. The molecule has 0 radical (unpaired) electrons. The molecule has 0 aromatic heterocycles. The van der Waals surface area contributed by atoms with Gasteiger partial charge in [-0.1, -0.05) is 30.9 Å². The molecule has 0 unspecified atom stereocenters. The Morgan fingerprint density at radius 3 is 2.39 bits per heavy atom. The van der Waals surface area contributed by atoms with Gasteiger partial charge in [-0.3, -0.25) is 4.79 Å². The molecule has 0 saturated carbocycles. The highest BCUT2D eigenvalue weighted by Gasteiger charge is 2.26. The second kappa shape index (κ2) is 9.74. The van der Waals surface area contributed by atoms with Crippen LogP contribution >= 0.6 is 0 Å². The summed E-state index contributed by atoms with van der Waals surface area (Å²) in [6.07, 6.45) is 10.5. The highest BCUT2D eigenvalue weighted by molar-refractivity contribution is 5.92. The number of ether oxygens (including phenoxy) is 1. The largest absolute Gasteiger partial charge is 0.443 e. The van der Waals surface area contributed by atoms with Gasteiger partial charge in [0.25, 0.3) is 0 Å². The third-order valence-electron chi connectivity index (χ3n) is 3.96. The van der Waals surface area contributed by atoms with Gasteiger partial charge in [0.15, 0.2) is 0 Å². The monoisotopic (exact) mass is 323 g/mol. The van der Waals surface area contributed by atoms with Crippen LogP contribution < -0.4 is 0 Å². The minimum atomic E-state index is -0.573. The van der Waals surface area contributed by atoms with Crippen LogP contribution in [0.15, 0.2) is 11.6 Å². The molecular formula is C19H33NO3. The van der Waals surface area contributed by atoms with Crippen molar-refractivity contribution in [2.75, 3.05) is 6.54 Å². The number of carbonyl (C=O) groups excluding carboxylic acids is 2. The molecule has 0 aliphatic carbocycles. The van der Waals surface area contributed by atoms with E-state index in [9.17, 15) is 9.59 Å². The number of nitrogens with zero attached hydrogens (tertiary/aromatic N) is 1. The standard InChI is InChI=1S/C19H33NO3/c1-16-12-8-6-5-7-11-15-20(17(21)14-10-9-13-16)18(22)23-19(2,3)4/h13H,5-12,14-15H2,1-4H3/b16-13-. The lowest BCUT2D eigenvalue weighted by atomic mass is 10.0. The third kappa shape index (κ3) is 8.77. The van der Waals surface area contributed by atoms with Crippen LogP contribution in [0.25, 0.3) is 0 Å². The molecule has 0 atom stereocenters. The Morgan fingerprint density at radius 2 is 1.70 bits per heavy atom. The first kappa shape index (κ1) is 19.7. The van der Waals surface area contributed by atoms with E-state index in [1.54, 1.807) is 0 Å². The molecule has 1 aliphatic rings. The van der Waals surface area contributed by atoms with Crippen LogP contribution in [-0.4, -0.2) is 29.0 Å². The van der Waals surface area contributed by atoms with Crippen molar-refractivity contribution in [2.24, 2.45) is 0 Å². The fraction of sp³-hybridized carbons (Fsp3) is 0.789. The van der Waals surface area contributed by atoms with Gasteiger partial charge in [-0.15, -0.1) is 0 Å². The van der Waals surface area contributed by atoms with E-state index < -0.39 is 11.7 Å². The summed E-state index contributed by atoms with van der Waals surface area (Å²) in [5, 5.41) is 0. The zero-order valence-corrected chi connectivity index (χ0v) is 15.3. The van der Waals surface area contributed by atoms with E-state index >= 15 is 0 Å². The van der Waals surface area contributed by atoms with Crippen molar-refractivity contribution in [3.05, 3.63) is 11.6 Å². The van der Waals surface area contributed by atoms with Crippen molar-refractivity contribution in [3.8, 4) is 0 Å². The van der Waals surface area contributed by atoms with E-state index in [1.165, 1.54) is 23.3 Å². The van der Waals surface area contributed by atoms with Crippen molar-refractivity contribution in [1.82, 2.24) is 4.90 Å². The highest BCUT2D eigenvalue weighted by atomic mass is 16.6. The van der Waals surface area contributed by atoms with Gasteiger partial charge in [0.05, 0.1) is 0 Å². The van der Waals surface area contributed by atoms with E-state index in [1.807, 2.05) is 20.8 Å². The maximum absolute atomic E-state index is 12.4. The summed E-state index contributed by atoms with van der Waals surface area (Å²) in [7, 11) is 0. The van der Waals surface area contributed by atoms with Gasteiger partial charge in [0.1, 0.15) is 5.60 Å². The minimum absolute atomic E-state index is 0.109. The van der Waals surface area contributed by atoms with Gasteiger partial charge in [-0.05, 0) is 59.8 Å². The summed E-state index contributed by atoms with van der Waals surface area (Å²) in [6.45, 7) is 8.12. The van der Waals surface area contributed by atoms with Crippen molar-refractivity contribution < 1.29 is 14.3 Å². The molecule has 0 N–H and O–H groups in total. The Balaban J connectivity index is 2.68. The van der Waals surface area contributed by atoms with Crippen molar-refractivity contribution in [2.45, 2.75) is 91.1 Å². The summed E-state index contributed by atoms with van der Waals surface area (Å²) in [5.41, 5.74) is 0.842. The fourth-order valence-corrected chi connectivity index (χ4v) is 2.68. The zero-order chi connectivity index (χ0) is 17.3. The molecule has 1 aliphatic heterocycles. The van der Waals surface area contributed by atoms with E-state index in [0.29, 0.717) is 13.0 Å². The van der Waals surface area contributed by atoms with Gasteiger partial charge in [-0.2, -0.15) is 0 Å². The smallest absolute Gasteiger partial charge is 0.417 e. The normalized spacial score (nSPS) is 22.0. The summed E-state index contributed by atoms with van der Waals surface area (Å²) < 4.78 is 5.39. The predicted octanol–water partition coefficient (Wildman–Crippen LogP) is 5.22. The summed E-state index contributed by atoms with van der Waals surface area (Å²) in [4.78, 5) is 26.0. The van der Waals surface area contributed by atoms with Crippen LogP contribution in [0.4, 0.5) is 4.79 Å². The SMILES string of the molecule is C/C1=C/CCCC(=O)N(C(=O)OC(C)(C)C)CCCCCCC1. The van der Waals surface area contributed by atoms with Crippen LogP contribution in [-0.2, 0) is 9.53 Å². The molecule has 1 rings (SSSR count). The quantitative estimate of drug-likeness (QED) is 0.574. The molecule has 2 amide bonds. The molecule has 4 nitrogen and oxygen atoms in total. The van der Waals surface area contributed by atoms with E-state index in [-0.39, 0.29) is 5.91 Å². The Labute approximate surface area is 141 Å². The van der Waals surface area contributed by atoms with Crippen molar-refractivity contribution in [3.63, 3.8) is 0 Å².